The molecule has 6 nitrogen and oxygen atoms in total. The van der Waals surface area contributed by atoms with Gasteiger partial charge in [-0.25, -0.2) is 0 Å². The fraction of sp³-hybridized carbons (Fsp3) is 0.381. The Hall–Kier alpha value is -2.73. The average Bonchev–Trinajstić information content (AvgIpc) is 2.69. The topological polar surface area (TPSA) is 65.5 Å². The maximum atomic E-state index is 12.4. The number of rotatable bonds is 6. The van der Waals surface area contributed by atoms with Crippen LogP contribution < -0.4 is 5.32 Å². The van der Waals surface area contributed by atoms with Crippen molar-refractivity contribution in [1.82, 2.24) is 20.1 Å². The molecule has 1 aliphatic heterocycles. The minimum atomic E-state index is -0.124. The van der Waals surface area contributed by atoms with Crippen LogP contribution in [0, 0.1) is 6.92 Å². The lowest BCUT2D eigenvalue weighted by molar-refractivity contribution is -0.132. The van der Waals surface area contributed by atoms with Crippen molar-refractivity contribution in [2.24, 2.45) is 0 Å². The zero-order valence-electron chi connectivity index (χ0n) is 15.7. The molecule has 0 saturated carbocycles. The maximum Gasteiger partial charge on any atom is 0.251 e. The average molecular weight is 366 g/mol. The normalized spacial score (nSPS) is 14.8. The summed E-state index contributed by atoms with van der Waals surface area (Å²) in [7, 11) is 0. The number of nitrogens with one attached hydrogen (secondary N) is 1. The molecule has 0 atom stereocenters. The van der Waals surface area contributed by atoms with Crippen molar-refractivity contribution in [3.63, 3.8) is 0 Å². The van der Waals surface area contributed by atoms with Gasteiger partial charge in [0, 0.05) is 57.4 Å². The van der Waals surface area contributed by atoms with Crippen molar-refractivity contribution in [3.05, 3.63) is 65.5 Å². The second-order valence-corrected chi connectivity index (χ2v) is 6.80. The maximum absolute atomic E-state index is 12.4. The Morgan fingerprint density at radius 2 is 1.78 bits per heavy atom. The molecule has 1 saturated heterocycles. The van der Waals surface area contributed by atoms with Crippen LogP contribution in [0.3, 0.4) is 0 Å². The number of aryl methyl sites for hydroxylation is 1. The van der Waals surface area contributed by atoms with Crippen LogP contribution in [0.15, 0.2) is 48.7 Å². The van der Waals surface area contributed by atoms with E-state index in [0.29, 0.717) is 18.5 Å². The molecule has 2 aromatic rings. The second kappa shape index (κ2) is 9.28. The standard InChI is InChI=1S/C21H26N4O2/c1-17-6-2-3-8-19(17)21(27)23-11-9-20(26)25-14-12-24(13-15-25)16-18-7-4-5-10-22-18/h2-8,10H,9,11-16H2,1H3,(H,23,27). The van der Waals surface area contributed by atoms with Crippen molar-refractivity contribution in [2.45, 2.75) is 19.9 Å². The van der Waals surface area contributed by atoms with E-state index in [0.717, 1.165) is 44.0 Å². The van der Waals surface area contributed by atoms with Gasteiger partial charge in [-0.15, -0.1) is 0 Å². The zero-order valence-corrected chi connectivity index (χ0v) is 15.7. The number of benzene rings is 1. The smallest absolute Gasteiger partial charge is 0.251 e. The summed E-state index contributed by atoms with van der Waals surface area (Å²) < 4.78 is 0. The number of aromatic nitrogens is 1. The largest absolute Gasteiger partial charge is 0.352 e. The van der Waals surface area contributed by atoms with Gasteiger partial charge in [-0.2, -0.15) is 0 Å². The summed E-state index contributed by atoms with van der Waals surface area (Å²) in [6.07, 6.45) is 2.14. The van der Waals surface area contributed by atoms with Crippen LogP contribution in [0.5, 0.6) is 0 Å². The Bertz CT molecular complexity index is 771. The van der Waals surface area contributed by atoms with E-state index in [9.17, 15) is 9.59 Å². The van der Waals surface area contributed by atoms with Crippen LogP contribution in [-0.2, 0) is 11.3 Å². The fourth-order valence-electron chi connectivity index (χ4n) is 3.24. The third kappa shape index (κ3) is 5.37. The molecule has 1 N–H and O–H groups in total. The lowest BCUT2D eigenvalue weighted by Crippen LogP contribution is -2.48. The highest BCUT2D eigenvalue weighted by Crippen LogP contribution is 2.09. The zero-order chi connectivity index (χ0) is 19.1. The molecule has 142 valence electrons. The van der Waals surface area contributed by atoms with E-state index in [4.69, 9.17) is 0 Å². The summed E-state index contributed by atoms with van der Waals surface area (Å²) in [5, 5.41) is 2.85. The molecule has 2 amide bonds. The predicted octanol–water partition coefficient (Wildman–Crippen LogP) is 1.85. The first kappa shape index (κ1) is 19.0. The van der Waals surface area contributed by atoms with Gasteiger partial charge in [0.2, 0.25) is 5.91 Å². The van der Waals surface area contributed by atoms with Crippen LogP contribution in [0.2, 0.25) is 0 Å². The molecule has 1 aromatic heterocycles. The molecule has 0 bridgehead atoms. The molecule has 0 unspecified atom stereocenters. The number of carbonyl (C=O) groups excluding carboxylic acids is 2. The molecule has 3 rings (SSSR count). The van der Waals surface area contributed by atoms with Crippen LogP contribution in [0.1, 0.15) is 28.0 Å². The first-order chi connectivity index (χ1) is 13.1. The second-order valence-electron chi connectivity index (χ2n) is 6.80. The number of hydrogen-bond acceptors (Lipinski definition) is 4. The van der Waals surface area contributed by atoms with Gasteiger partial charge in [0.15, 0.2) is 0 Å². The molecule has 2 heterocycles. The first-order valence-corrected chi connectivity index (χ1v) is 9.37. The number of amides is 2. The quantitative estimate of drug-likeness (QED) is 0.847. The minimum absolute atomic E-state index is 0.0950. The summed E-state index contributed by atoms with van der Waals surface area (Å²) in [6.45, 7) is 6.21. The lowest BCUT2D eigenvalue weighted by atomic mass is 10.1. The number of carbonyl (C=O) groups is 2. The van der Waals surface area contributed by atoms with Crippen molar-refractivity contribution < 1.29 is 9.59 Å². The van der Waals surface area contributed by atoms with Crippen LogP contribution in [-0.4, -0.2) is 59.3 Å². The van der Waals surface area contributed by atoms with Crippen molar-refractivity contribution in [2.75, 3.05) is 32.7 Å². The molecule has 0 spiro atoms. The van der Waals surface area contributed by atoms with Crippen LogP contribution in [0.25, 0.3) is 0 Å². The van der Waals surface area contributed by atoms with E-state index in [1.807, 2.05) is 48.2 Å². The van der Waals surface area contributed by atoms with Gasteiger partial charge in [-0.05, 0) is 30.7 Å². The number of piperazine rings is 1. The van der Waals surface area contributed by atoms with Crippen molar-refractivity contribution in [3.8, 4) is 0 Å². The van der Waals surface area contributed by atoms with E-state index in [-0.39, 0.29) is 11.8 Å². The third-order valence-electron chi connectivity index (χ3n) is 4.85. The molecule has 6 heteroatoms. The molecule has 1 aliphatic rings. The van der Waals surface area contributed by atoms with Gasteiger partial charge in [0.25, 0.3) is 5.91 Å². The molecular formula is C21H26N4O2. The highest BCUT2D eigenvalue weighted by Gasteiger charge is 2.21. The van der Waals surface area contributed by atoms with Crippen molar-refractivity contribution >= 4 is 11.8 Å². The van der Waals surface area contributed by atoms with Gasteiger partial charge in [0.1, 0.15) is 0 Å². The van der Waals surface area contributed by atoms with Gasteiger partial charge in [0.05, 0.1) is 5.69 Å². The van der Waals surface area contributed by atoms with Gasteiger partial charge < -0.3 is 10.2 Å². The van der Waals surface area contributed by atoms with Crippen molar-refractivity contribution in [1.29, 1.82) is 0 Å². The Kier molecular flexibility index (Phi) is 6.54. The highest BCUT2D eigenvalue weighted by molar-refractivity contribution is 5.95. The van der Waals surface area contributed by atoms with Gasteiger partial charge >= 0.3 is 0 Å². The predicted molar refractivity (Wildman–Crippen MR) is 104 cm³/mol. The Morgan fingerprint density at radius 3 is 2.48 bits per heavy atom. The molecule has 27 heavy (non-hydrogen) atoms. The molecule has 1 aromatic carbocycles. The highest BCUT2D eigenvalue weighted by atomic mass is 16.2. The van der Waals surface area contributed by atoms with E-state index in [2.05, 4.69) is 15.2 Å². The van der Waals surface area contributed by atoms with E-state index in [1.54, 1.807) is 12.3 Å². The monoisotopic (exact) mass is 366 g/mol. The summed E-state index contributed by atoms with van der Waals surface area (Å²) in [5.74, 6) is -0.0290. The summed E-state index contributed by atoms with van der Waals surface area (Å²) in [6, 6.07) is 13.4. The third-order valence-corrected chi connectivity index (χ3v) is 4.85. The Balaban J connectivity index is 1.38. The minimum Gasteiger partial charge on any atom is -0.352 e. The summed E-state index contributed by atoms with van der Waals surface area (Å²) in [5.41, 5.74) is 2.65. The number of nitrogens with zero attached hydrogens (tertiary/aromatic N) is 3. The number of hydrogen-bond donors (Lipinski definition) is 1. The SMILES string of the molecule is Cc1ccccc1C(=O)NCCC(=O)N1CCN(Cc2ccccn2)CC1. The summed E-state index contributed by atoms with van der Waals surface area (Å²) in [4.78, 5) is 33.1. The molecule has 0 aliphatic carbocycles. The summed E-state index contributed by atoms with van der Waals surface area (Å²) >= 11 is 0. The van der Waals surface area contributed by atoms with Crippen LogP contribution in [0.4, 0.5) is 0 Å². The number of pyridine rings is 1. The van der Waals surface area contributed by atoms with Crippen LogP contribution >= 0.6 is 0 Å². The first-order valence-electron chi connectivity index (χ1n) is 9.37. The van der Waals surface area contributed by atoms with E-state index < -0.39 is 0 Å². The van der Waals surface area contributed by atoms with Gasteiger partial charge in [-0.3, -0.25) is 19.5 Å². The Labute approximate surface area is 160 Å². The fourth-order valence-corrected chi connectivity index (χ4v) is 3.24. The lowest BCUT2D eigenvalue weighted by Gasteiger charge is -2.34. The van der Waals surface area contributed by atoms with Gasteiger partial charge in [-0.1, -0.05) is 24.3 Å². The van der Waals surface area contributed by atoms with E-state index >= 15 is 0 Å². The molecular weight excluding hydrogens is 340 g/mol. The molecule has 1 fully saturated rings. The van der Waals surface area contributed by atoms with E-state index in [1.165, 1.54) is 0 Å². The molecule has 0 radical (unpaired) electrons. The Morgan fingerprint density at radius 1 is 1.04 bits per heavy atom.